The summed E-state index contributed by atoms with van der Waals surface area (Å²) in [5.74, 6) is 2.63. The maximum atomic E-state index is 11.3. The number of anilines is 1. The molecule has 2 fully saturated rings. The zero-order valence-electron chi connectivity index (χ0n) is 32.0. The van der Waals surface area contributed by atoms with Crippen LogP contribution in [0.2, 0.25) is 25.7 Å². The van der Waals surface area contributed by atoms with Crippen LogP contribution in [0.3, 0.4) is 0 Å². The van der Waals surface area contributed by atoms with Gasteiger partial charge in [0.1, 0.15) is 38.1 Å². The second kappa shape index (κ2) is 17.2. The van der Waals surface area contributed by atoms with Crippen LogP contribution >= 0.6 is 0 Å². The van der Waals surface area contributed by atoms with E-state index in [-0.39, 0.29) is 26.1 Å². The van der Waals surface area contributed by atoms with Gasteiger partial charge in [-0.2, -0.15) is 18.4 Å². The molecule has 4 aromatic heterocycles. The van der Waals surface area contributed by atoms with Crippen molar-refractivity contribution in [3.05, 3.63) is 60.7 Å². The molecule has 1 atom stereocenters. The lowest BCUT2D eigenvalue weighted by molar-refractivity contribution is -0.106. The smallest absolute Gasteiger partial charge is 0.264 e. The molecule has 0 radical (unpaired) electrons. The van der Waals surface area contributed by atoms with Gasteiger partial charge in [0.05, 0.1) is 36.2 Å². The monoisotopic (exact) mass is 790 g/mol. The van der Waals surface area contributed by atoms with Crippen LogP contribution in [0.5, 0.6) is 17.4 Å². The highest BCUT2D eigenvalue weighted by Gasteiger charge is 2.24. The number of nitrogens with one attached hydrogen (secondary N) is 1. The van der Waals surface area contributed by atoms with Gasteiger partial charge in [0.25, 0.3) is 10.1 Å². The second-order valence-electron chi connectivity index (χ2n) is 15.4. The standard InChI is InChI=1S/C39H50N6O8SSi/c1-54(46,47)52-14-13-49-31-17-28(20-40-22-31)25-51-38-36-33(29-10-11-34-30(18-29)19-32(23-41-34)53-35-7-5-6-12-50-35)24-45(26-48-15-16-55(2,3)4)37(36)43-39(44-38)42-21-27-8-9-27/h10-11,17-20,22-24,27,35H,5-9,12-16,21,25-26H2,1-4H3,(H,42,43,44). The van der Waals surface area contributed by atoms with E-state index >= 15 is 0 Å². The van der Waals surface area contributed by atoms with Crippen molar-refractivity contribution in [1.82, 2.24) is 24.5 Å². The fraction of sp³-hybridized carbons (Fsp3) is 0.487. The van der Waals surface area contributed by atoms with Crippen LogP contribution in [0.4, 0.5) is 5.95 Å². The van der Waals surface area contributed by atoms with Crippen molar-refractivity contribution < 1.29 is 36.3 Å². The van der Waals surface area contributed by atoms with Gasteiger partial charge in [-0.1, -0.05) is 25.7 Å². The molecule has 0 amide bonds. The van der Waals surface area contributed by atoms with Crippen molar-refractivity contribution in [2.75, 3.05) is 44.5 Å². The molecule has 1 unspecified atom stereocenters. The number of ether oxygens (including phenoxy) is 5. The van der Waals surface area contributed by atoms with Crippen LogP contribution in [0.1, 0.15) is 37.7 Å². The number of aromatic nitrogens is 5. The van der Waals surface area contributed by atoms with Gasteiger partial charge in [0, 0.05) is 56.6 Å². The Labute approximate surface area is 323 Å². The largest absolute Gasteiger partial charge is 0.490 e. The second-order valence-corrected chi connectivity index (χ2v) is 22.7. The molecule has 14 nitrogen and oxygen atoms in total. The molecule has 55 heavy (non-hydrogen) atoms. The normalized spacial score (nSPS) is 16.4. The lowest BCUT2D eigenvalue weighted by Crippen LogP contribution is -2.24. The molecule has 5 heterocycles. The number of nitrogens with zero attached hydrogens (tertiary/aromatic N) is 5. The van der Waals surface area contributed by atoms with Crippen molar-refractivity contribution in [2.45, 2.75) is 77.4 Å². The number of fused-ring (bicyclic) bond motifs is 2. The van der Waals surface area contributed by atoms with Gasteiger partial charge < -0.3 is 33.6 Å². The van der Waals surface area contributed by atoms with Gasteiger partial charge in [-0.3, -0.25) is 14.2 Å². The van der Waals surface area contributed by atoms with E-state index in [1.807, 2.05) is 22.8 Å². The van der Waals surface area contributed by atoms with Crippen molar-refractivity contribution in [1.29, 1.82) is 0 Å². The van der Waals surface area contributed by atoms with Crippen molar-refractivity contribution in [2.24, 2.45) is 5.92 Å². The van der Waals surface area contributed by atoms with E-state index < -0.39 is 18.2 Å². The summed E-state index contributed by atoms with van der Waals surface area (Å²) in [7, 11) is -4.86. The Kier molecular flexibility index (Phi) is 12.2. The van der Waals surface area contributed by atoms with E-state index in [1.54, 1.807) is 24.7 Å². The Bertz CT molecular complexity index is 2200. The van der Waals surface area contributed by atoms with Crippen molar-refractivity contribution in [3.8, 4) is 28.5 Å². The topological polar surface area (TPSA) is 158 Å². The van der Waals surface area contributed by atoms with Gasteiger partial charge in [-0.05, 0) is 67.5 Å². The number of hydrogen-bond donors (Lipinski definition) is 1. The minimum Gasteiger partial charge on any atom is -0.490 e. The molecule has 7 rings (SSSR count). The predicted octanol–water partition coefficient (Wildman–Crippen LogP) is 7.02. The van der Waals surface area contributed by atoms with Gasteiger partial charge in [0.15, 0.2) is 11.9 Å². The SMILES string of the molecule is C[Si](C)(C)CCOCn1cc(-c2ccc3ncc(OC4CCCCO4)cc3c2)c2c(OCc3cncc(OCCOS(C)(=O)=O)c3)nc(NCC3CC3)nc21. The lowest BCUT2D eigenvalue weighted by Gasteiger charge is -2.23. The summed E-state index contributed by atoms with van der Waals surface area (Å²) in [6.07, 6.45) is 13.1. The molecule has 1 aliphatic carbocycles. The van der Waals surface area contributed by atoms with E-state index in [1.165, 1.54) is 12.8 Å². The summed E-state index contributed by atoms with van der Waals surface area (Å²) < 4.78 is 60.0. The molecule has 1 N–H and O–H groups in total. The Morgan fingerprint density at radius 2 is 1.84 bits per heavy atom. The number of pyridine rings is 2. The van der Waals surface area contributed by atoms with Gasteiger partial charge in [-0.25, -0.2) is 0 Å². The molecule has 16 heteroatoms. The third-order valence-electron chi connectivity index (χ3n) is 9.32. The number of benzene rings is 1. The molecule has 1 saturated heterocycles. The minimum atomic E-state index is -3.56. The van der Waals surface area contributed by atoms with Crippen LogP contribution in [-0.2, 0) is 37.1 Å². The number of hydrogen-bond acceptors (Lipinski definition) is 13. The summed E-state index contributed by atoms with van der Waals surface area (Å²) in [6.45, 7) is 9.56. The fourth-order valence-electron chi connectivity index (χ4n) is 6.17. The quantitative estimate of drug-likeness (QED) is 0.0518. The highest BCUT2D eigenvalue weighted by molar-refractivity contribution is 7.85. The molecule has 2 aliphatic rings. The van der Waals surface area contributed by atoms with Gasteiger partial charge >= 0.3 is 0 Å². The van der Waals surface area contributed by atoms with Crippen LogP contribution in [0.25, 0.3) is 33.1 Å². The zero-order chi connectivity index (χ0) is 38.4. The molecule has 294 valence electrons. The Balaban J connectivity index is 1.22. The Hall–Kier alpha value is -4.35. The van der Waals surface area contributed by atoms with Crippen LogP contribution in [0, 0.1) is 5.92 Å². The van der Waals surface area contributed by atoms with Crippen LogP contribution in [0.15, 0.2) is 55.1 Å². The third kappa shape index (κ3) is 11.1. The van der Waals surface area contributed by atoms with Gasteiger partial charge in [0.2, 0.25) is 11.8 Å². The molecule has 0 spiro atoms. The minimum absolute atomic E-state index is 0.0434. The first-order valence-corrected chi connectivity index (χ1v) is 24.4. The van der Waals surface area contributed by atoms with E-state index in [0.29, 0.717) is 54.8 Å². The van der Waals surface area contributed by atoms with E-state index in [0.717, 1.165) is 71.1 Å². The van der Waals surface area contributed by atoms with Crippen molar-refractivity contribution in [3.63, 3.8) is 0 Å². The summed E-state index contributed by atoms with van der Waals surface area (Å²) in [6, 6.07) is 11.0. The van der Waals surface area contributed by atoms with E-state index in [4.69, 9.17) is 37.8 Å². The Morgan fingerprint density at radius 3 is 2.62 bits per heavy atom. The maximum absolute atomic E-state index is 11.3. The van der Waals surface area contributed by atoms with Crippen LogP contribution < -0.4 is 19.5 Å². The first kappa shape index (κ1) is 38.9. The summed E-state index contributed by atoms with van der Waals surface area (Å²) in [4.78, 5) is 19.0. The van der Waals surface area contributed by atoms with E-state index in [2.05, 4.69) is 47.2 Å². The highest BCUT2D eigenvalue weighted by atomic mass is 32.2. The zero-order valence-corrected chi connectivity index (χ0v) is 33.8. The lowest BCUT2D eigenvalue weighted by atomic mass is 10.0. The molecular formula is C39H50N6O8SSi. The average Bonchev–Trinajstić information content (AvgIpc) is 3.92. The summed E-state index contributed by atoms with van der Waals surface area (Å²) in [5.41, 5.74) is 4.10. The van der Waals surface area contributed by atoms with Gasteiger partial charge in [-0.15, -0.1) is 0 Å². The maximum Gasteiger partial charge on any atom is 0.264 e. The first-order valence-electron chi connectivity index (χ1n) is 18.9. The van der Waals surface area contributed by atoms with Crippen LogP contribution in [-0.4, -0.2) is 86.5 Å². The summed E-state index contributed by atoms with van der Waals surface area (Å²) in [5, 5.41) is 5.12. The first-order chi connectivity index (χ1) is 26.5. The molecular weight excluding hydrogens is 741 g/mol. The molecule has 0 bridgehead atoms. The predicted molar refractivity (Wildman–Crippen MR) is 213 cm³/mol. The molecule has 1 saturated carbocycles. The average molecular weight is 791 g/mol. The van der Waals surface area contributed by atoms with Crippen molar-refractivity contribution >= 4 is 46.1 Å². The fourth-order valence-corrected chi connectivity index (χ4v) is 7.30. The number of rotatable bonds is 19. The summed E-state index contributed by atoms with van der Waals surface area (Å²) >= 11 is 0. The molecule has 1 aliphatic heterocycles. The Morgan fingerprint density at radius 1 is 0.964 bits per heavy atom. The molecule has 5 aromatic rings. The highest BCUT2D eigenvalue weighted by Crippen LogP contribution is 2.38. The molecule has 1 aromatic carbocycles. The van der Waals surface area contributed by atoms with E-state index in [9.17, 15) is 8.42 Å². The third-order valence-corrected chi connectivity index (χ3v) is 11.6.